The lowest BCUT2D eigenvalue weighted by atomic mass is 10.0. The summed E-state index contributed by atoms with van der Waals surface area (Å²) in [5.41, 5.74) is -0.0783. The van der Waals surface area contributed by atoms with Gasteiger partial charge in [0.25, 0.3) is 0 Å². The quantitative estimate of drug-likeness (QED) is 0.300. The lowest BCUT2D eigenvalue weighted by Gasteiger charge is -2.08. The molecule has 0 bridgehead atoms. The van der Waals surface area contributed by atoms with Crippen LogP contribution in [0.5, 0.6) is 0 Å². The van der Waals surface area contributed by atoms with Crippen molar-refractivity contribution in [3.63, 3.8) is 0 Å². The maximum absolute atomic E-state index is 11.1. The zero-order valence-electron chi connectivity index (χ0n) is 7.33. The largest absolute Gasteiger partial charge is 0.461 e. The number of carbonyl (C=O) groups is 1. The molecule has 0 heterocycles. The second kappa shape index (κ2) is 3.13. The Balaban J connectivity index is 2.64. The van der Waals surface area contributed by atoms with Gasteiger partial charge < -0.3 is 9.94 Å². The summed E-state index contributed by atoms with van der Waals surface area (Å²) in [5.74, 6) is -0.500. The number of ether oxygens (including phenoxy) is 1. The van der Waals surface area contributed by atoms with Gasteiger partial charge in [0, 0.05) is 5.41 Å². The second-order valence-electron chi connectivity index (χ2n) is 3.23. The van der Waals surface area contributed by atoms with Crippen LogP contribution < -0.4 is 0 Å². The van der Waals surface area contributed by atoms with Crippen LogP contribution in [0, 0.1) is 5.41 Å². The molecule has 1 aliphatic rings. The smallest absolute Gasteiger partial charge is 0.356 e. The van der Waals surface area contributed by atoms with Crippen LogP contribution >= 0.6 is 0 Å². The summed E-state index contributed by atoms with van der Waals surface area (Å²) in [6.07, 6.45) is 1.79. The first-order valence-electron chi connectivity index (χ1n) is 4.03. The predicted molar refractivity (Wildman–Crippen MR) is 43.2 cm³/mol. The van der Waals surface area contributed by atoms with Crippen molar-refractivity contribution in [1.29, 1.82) is 0 Å². The lowest BCUT2D eigenvalue weighted by molar-refractivity contribution is -0.135. The van der Waals surface area contributed by atoms with Gasteiger partial charge in [-0.1, -0.05) is 12.1 Å². The first kappa shape index (κ1) is 9.03. The molecule has 0 aromatic heterocycles. The minimum Gasteiger partial charge on any atom is -0.461 e. The van der Waals surface area contributed by atoms with E-state index in [1.807, 2.05) is 6.92 Å². The molecular formula is C8H13NO3. The zero-order chi connectivity index (χ0) is 9.19. The van der Waals surface area contributed by atoms with E-state index >= 15 is 0 Å². The molecule has 0 aromatic carbocycles. The van der Waals surface area contributed by atoms with Gasteiger partial charge in [0.05, 0.1) is 6.61 Å². The molecule has 0 saturated heterocycles. The van der Waals surface area contributed by atoms with Gasteiger partial charge in [0.2, 0.25) is 0 Å². The van der Waals surface area contributed by atoms with Crippen LogP contribution in [0.15, 0.2) is 5.16 Å². The average Bonchev–Trinajstić information content (AvgIpc) is 2.70. The maximum Gasteiger partial charge on any atom is 0.356 e. The molecule has 0 atom stereocenters. The number of carbonyl (C=O) groups excluding carboxylic acids is 1. The highest BCUT2D eigenvalue weighted by molar-refractivity contribution is 6.39. The first-order chi connectivity index (χ1) is 5.64. The number of nitrogens with zero attached hydrogens (tertiary/aromatic N) is 1. The first-order valence-corrected chi connectivity index (χ1v) is 4.03. The van der Waals surface area contributed by atoms with Crippen molar-refractivity contribution in [1.82, 2.24) is 0 Å². The average molecular weight is 171 g/mol. The van der Waals surface area contributed by atoms with E-state index in [1.54, 1.807) is 6.92 Å². The van der Waals surface area contributed by atoms with Crippen molar-refractivity contribution in [2.75, 3.05) is 6.61 Å². The van der Waals surface area contributed by atoms with E-state index < -0.39 is 5.97 Å². The highest BCUT2D eigenvalue weighted by Gasteiger charge is 2.47. The van der Waals surface area contributed by atoms with Gasteiger partial charge >= 0.3 is 5.97 Å². The summed E-state index contributed by atoms with van der Waals surface area (Å²) < 4.78 is 4.73. The van der Waals surface area contributed by atoms with Crippen LogP contribution in [0.4, 0.5) is 0 Å². The van der Waals surface area contributed by atoms with Crippen LogP contribution in [-0.4, -0.2) is 23.5 Å². The molecule has 0 aliphatic heterocycles. The normalized spacial score (nSPS) is 20.3. The van der Waals surface area contributed by atoms with E-state index in [-0.39, 0.29) is 11.1 Å². The van der Waals surface area contributed by atoms with Gasteiger partial charge in [0.15, 0.2) is 5.71 Å². The monoisotopic (exact) mass is 171 g/mol. The molecule has 0 spiro atoms. The van der Waals surface area contributed by atoms with E-state index in [0.717, 1.165) is 12.8 Å². The maximum atomic E-state index is 11.1. The second-order valence-corrected chi connectivity index (χ2v) is 3.23. The van der Waals surface area contributed by atoms with Gasteiger partial charge in [-0.2, -0.15) is 0 Å². The van der Waals surface area contributed by atoms with E-state index in [4.69, 9.17) is 9.94 Å². The minimum atomic E-state index is -0.500. The number of esters is 1. The Hall–Kier alpha value is -1.06. The van der Waals surface area contributed by atoms with Crippen LogP contribution in [0.2, 0.25) is 0 Å². The Labute approximate surface area is 71.2 Å². The standard InChI is InChI=1S/C8H13NO3/c1-3-12-7(10)6(9-11)8(2)4-5-8/h11H,3-5H2,1-2H3/b9-6-. The Morgan fingerprint density at radius 1 is 1.67 bits per heavy atom. The molecule has 0 radical (unpaired) electrons. The Bertz CT molecular complexity index is 218. The van der Waals surface area contributed by atoms with E-state index in [0.29, 0.717) is 6.61 Å². The van der Waals surface area contributed by atoms with E-state index in [9.17, 15) is 4.79 Å². The number of hydrogen-bond acceptors (Lipinski definition) is 4. The highest BCUT2D eigenvalue weighted by Crippen LogP contribution is 2.46. The molecule has 1 rings (SSSR count). The van der Waals surface area contributed by atoms with Crippen molar-refractivity contribution in [3.05, 3.63) is 0 Å². The van der Waals surface area contributed by atoms with Crippen LogP contribution in [0.25, 0.3) is 0 Å². The topological polar surface area (TPSA) is 58.9 Å². The van der Waals surface area contributed by atoms with Crippen LogP contribution in [-0.2, 0) is 9.53 Å². The summed E-state index contributed by atoms with van der Waals surface area (Å²) in [6, 6.07) is 0. The fourth-order valence-corrected chi connectivity index (χ4v) is 1.03. The number of rotatable bonds is 3. The lowest BCUT2D eigenvalue weighted by Crippen LogP contribution is -2.25. The van der Waals surface area contributed by atoms with E-state index in [1.165, 1.54) is 0 Å². The third-order valence-electron chi connectivity index (χ3n) is 2.14. The van der Waals surface area contributed by atoms with Crippen LogP contribution in [0.1, 0.15) is 26.7 Å². The molecular weight excluding hydrogens is 158 g/mol. The molecule has 12 heavy (non-hydrogen) atoms. The Morgan fingerprint density at radius 2 is 2.25 bits per heavy atom. The number of oxime groups is 1. The van der Waals surface area contributed by atoms with Gasteiger partial charge in [-0.15, -0.1) is 0 Å². The van der Waals surface area contributed by atoms with Crippen LogP contribution in [0.3, 0.4) is 0 Å². The molecule has 0 unspecified atom stereocenters. The third-order valence-corrected chi connectivity index (χ3v) is 2.14. The Kier molecular flexibility index (Phi) is 2.35. The van der Waals surface area contributed by atoms with Crippen molar-refractivity contribution < 1.29 is 14.7 Å². The van der Waals surface area contributed by atoms with Gasteiger partial charge in [-0.3, -0.25) is 0 Å². The molecule has 4 nitrogen and oxygen atoms in total. The SMILES string of the molecule is CCOC(=O)/C(=N/O)C1(C)CC1. The van der Waals surface area contributed by atoms with Crippen molar-refractivity contribution in [3.8, 4) is 0 Å². The summed E-state index contributed by atoms with van der Waals surface area (Å²) in [7, 11) is 0. The van der Waals surface area contributed by atoms with Gasteiger partial charge in [0.1, 0.15) is 0 Å². The zero-order valence-corrected chi connectivity index (χ0v) is 7.33. The van der Waals surface area contributed by atoms with Crippen molar-refractivity contribution >= 4 is 11.7 Å². The summed E-state index contributed by atoms with van der Waals surface area (Å²) in [6.45, 7) is 3.93. The number of hydrogen-bond donors (Lipinski definition) is 1. The molecule has 1 saturated carbocycles. The van der Waals surface area contributed by atoms with Crippen molar-refractivity contribution in [2.45, 2.75) is 26.7 Å². The van der Waals surface area contributed by atoms with Gasteiger partial charge in [-0.05, 0) is 19.8 Å². The summed E-state index contributed by atoms with van der Waals surface area (Å²) >= 11 is 0. The molecule has 1 aliphatic carbocycles. The van der Waals surface area contributed by atoms with Gasteiger partial charge in [-0.25, -0.2) is 4.79 Å². The third kappa shape index (κ3) is 1.57. The minimum absolute atomic E-state index is 0.157. The molecule has 4 heteroatoms. The van der Waals surface area contributed by atoms with E-state index in [2.05, 4.69) is 5.16 Å². The van der Waals surface area contributed by atoms with Crippen molar-refractivity contribution in [2.24, 2.45) is 10.6 Å². The molecule has 1 N–H and O–H groups in total. The summed E-state index contributed by atoms with van der Waals surface area (Å²) in [5, 5.41) is 11.6. The predicted octanol–water partition coefficient (Wildman–Crippen LogP) is 1.18. The molecule has 0 amide bonds. The Morgan fingerprint density at radius 3 is 2.58 bits per heavy atom. The highest BCUT2D eigenvalue weighted by atomic mass is 16.5. The fourth-order valence-electron chi connectivity index (χ4n) is 1.03. The molecule has 68 valence electrons. The molecule has 1 fully saturated rings. The fraction of sp³-hybridized carbons (Fsp3) is 0.750. The summed E-state index contributed by atoms with van der Waals surface area (Å²) in [4.78, 5) is 11.1. The molecule has 0 aromatic rings.